The summed E-state index contributed by atoms with van der Waals surface area (Å²) < 4.78 is 5.63. The van der Waals surface area contributed by atoms with Crippen LogP contribution < -0.4 is 10.1 Å². The molecule has 23 heavy (non-hydrogen) atoms. The van der Waals surface area contributed by atoms with Gasteiger partial charge < -0.3 is 15.0 Å². The van der Waals surface area contributed by atoms with Gasteiger partial charge in [-0.15, -0.1) is 0 Å². The first-order chi connectivity index (χ1) is 11.2. The lowest BCUT2D eigenvalue weighted by Crippen LogP contribution is -2.50. The highest BCUT2D eigenvalue weighted by molar-refractivity contribution is 5.78. The van der Waals surface area contributed by atoms with Gasteiger partial charge in [0.15, 0.2) is 6.61 Å². The number of benzene rings is 1. The number of amides is 1. The van der Waals surface area contributed by atoms with E-state index in [0.29, 0.717) is 6.54 Å². The molecule has 0 spiro atoms. The van der Waals surface area contributed by atoms with Crippen LogP contribution in [0.1, 0.15) is 17.2 Å². The van der Waals surface area contributed by atoms with Crippen molar-refractivity contribution in [1.29, 1.82) is 0 Å². The second kappa shape index (κ2) is 7.24. The molecule has 2 heterocycles. The van der Waals surface area contributed by atoms with Gasteiger partial charge in [-0.25, -0.2) is 0 Å². The number of piperazine rings is 1. The molecule has 0 aliphatic carbocycles. The summed E-state index contributed by atoms with van der Waals surface area (Å²) in [4.78, 5) is 18.6. The van der Waals surface area contributed by atoms with Gasteiger partial charge in [0.2, 0.25) is 0 Å². The lowest BCUT2D eigenvalue weighted by Gasteiger charge is -2.36. The van der Waals surface area contributed by atoms with E-state index >= 15 is 0 Å². The van der Waals surface area contributed by atoms with Gasteiger partial charge in [-0.05, 0) is 30.7 Å². The van der Waals surface area contributed by atoms with E-state index in [9.17, 15) is 4.79 Å². The summed E-state index contributed by atoms with van der Waals surface area (Å²) in [6.45, 7) is 4.29. The first-order valence-corrected chi connectivity index (χ1v) is 7.83. The van der Waals surface area contributed by atoms with Crippen LogP contribution in [0.15, 0.2) is 48.8 Å². The summed E-state index contributed by atoms with van der Waals surface area (Å²) in [7, 11) is 0. The number of rotatable bonds is 4. The van der Waals surface area contributed by atoms with Crippen molar-refractivity contribution >= 4 is 5.91 Å². The molecule has 1 saturated heterocycles. The number of nitrogens with zero attached hydrogens (tertiary/aromatic N) is 2. The number of hydrogen-bond acceptors (Lipinski definition) is 4. The van der Waals surface area contributed by atoms with E-state index in [0.717, 1.165) is 24.4 Å². The Morgan fingerprint density at radius 3 is 2.91 bits per heavy atom. The predicted octanol–water partition coefficient (Wildman–Crippen LogP) is 1.94. The molecule has 0 bridgehead atoms. The van der Waals surface area contributed by atoms with Gasteiger partial charge in [-0.3, -0.25) is 9.78 Å². The van der Waals surface area contributed by atoms with Gasteiger partial charge in [-0.1, -0.05) is 23.8 Å². The van der Waals surface area contributed by atoms with E-state index in [1.807, 2.05) is 54.4 Å². The van der Waals surface area contributed by atoms with E-state index in [-0.39, 0.29) is 18.6 Å². The van der Waals surface area contributed by atoms with Crippen LogP contribution in [0.3, 0.4) is 0 Å². The number of hydrogen-bond donors (Lipinski definition) is 1. The summed E-state index contributed by atoms with van der Waals surface area (Å²) in [6.07, 6.45) is 3.56. The molecule has 120 valence electrons. The zero-order valence-corrected chi connectivity index (χ0v) is 13.2. The maximum absolute atomic E-state index is 12.6. The molecule has 1 aromatic heterocycles. The van der Waals surface area contributed by atoms with Crippen LogP contribution in [0.5, 0.6) is 5.75 Å². The van der Waals surface area contributed by atoms with Crippen molar-refractivity contribution in [2.24, 2.45) is 0 Å². The van der Waals surface area contributed by atoms with Crippen molar-refractivity contribution < 1.29 is 9.53 Å². The lowest BCUT2D eigenvalue weighted by molar-refractivity contribution is -0.136. The summed E-state index contributed by atoms with van der Waals surface area (Å²) in [5.41, 5.74) is 2.21. The van der Waals surface area contributed by atoms with E-state index in [1.165, 1.54) is 5.56 Å². The highest BCUT2D eigenvalue weighted by Crippen LogP contribution is 2.21. The van der Waals surface area contributed by atoms with Crippen LogP contribution in [0.25, 0.3) is 0 Å². The van der Waals surface area contributed by atoms with Crippen molar-refractivity contribution in [1.82, 2.24) is 15.2 Å². The molecule has 1 amide bonds. The first-order valence-electron chi connectivity index (χ1n) is 7.83. The van der Waals surface area contributed by atoms with Gasteiger partial charge in [0.25, 0.3) is 5.91 Å². The highest BCUT2D eigenvalue weighted by atomic mass is 16.5. The van der Waals surface area contributed by atoms with E-state index < -0.39 is 0 Å². The SMILES string of the molecule is Cc1ccc(OCC(=O)N2CCNCC2c2cccnc2)cc1. The smallest absolute Gasteiger partial charge is 0.261 e. The van der Waals surface area contributed by atoms with E-state index in [4.69, 9.17) is 4.74 Å². The molecule has 1 fully saturated rings. The Bertz CT molecular complexity index is 643. The Labute approximate surface area is 136 Å². The van der Waals surface area contributed by atoms with Crippen LogP contribution in [-0.4, -0.2) is 42.0 Å². The third kappa shape index (κ3) is 3.87. The van der Waals surface area contributed by atoms with Crippen molar-refractivity contribution in [2.45, 2.75) is 13.0 Å². The van der Waals surface area contributed by atoms with Crippen LogP contribution >= 0.6 is 0 Å². The standard InChI is InChI=1S/C18H21N3O2/c1-14-4-6-16(7-5-14)23-13-18(22)21-10-9-20-12-17(21)15-3-2-8-19-11-15/h2-8,11,17,20H,9-10,12-13H2,1H3. The summed E-state index contributed by atoms with van der Waals surface area (Å²) in [6, 6.07) is 11.6. The minimum Gasteiger partial charge on any atom is -0.484 e. The number of carbonyl (C=O) groups is 1. The molecule has 1 aliphatic heterocycles. The summed E-state index contributed by atoms with van der Waals surface area (Å²) in [5.74, 6) is 0.720. The summed E-state index contributed by atoms with van der Waals surface area (Å²) >= 11 is 0. The van der Waals surface area contributed by atoms with E-state index in [2.05, 4.69) is 10.3 Å². The van der Waals surface area contributed by atoms with Crippen molar-refractivity contribution in [3.8, 4) is 5.75 Å². The molecule has 3 rings (SSSR count). The minimum atomic E-state index is 0.000859. The number of aromatic nitrogens is 1. The van der Waals surface area contributed by atoms with Gasteiger partial charge in [0.05, 0.1) is 6.04 Å². The fourth-order valence-corrected chi connectivity index (χ4v) is 2.74. The average Bonchev–Trinajstić information content (AvgIpc) is 2.62. The molecule has 1 N–H and O–H groups in total. The van der Waals surface area contributed by atoms with Crippen molar-refractivity contribution in [2.75, 3.05) is 26.2 Å². The Hall–Kier alpha value is -2.40. The monoisotopic (exact) mass is 311 g/mol. The average molecular weight is 311 g/mol. The Morgan fingerprint density at radius 2 is 2.17 bits per heavy atom. The molecule has 1 unspecified atom stereocenters. The Balaban J connectivity index is 1.65. The van der Waals surface area contributed by atoms with Crippen molar-refractivity contribution in [3.63, 3.8) is 0 Å². The number of carbonyl (C=O) groups excluding carboxylic acids is 1. The van der Waals surface area contributed by atoms with Crippen molar-refractivity contribution in [3.05, 3.63) is 59.9 Å². The molecule has 1 aliphatic rings. The van der Waals surface area contributed by atoms with Crippen LogP contribution in [0.4, 0.5) is 0 Å². The van der Waals surface area contributed by atoms with Gasteiger partial charge >= 0.3 is 0 Å². The van der Waals surface area contributed by atoms with Gasteiger partial charge in [0, 0.05) is 32.0 Å². The van der Waals surface area contributed by atoms with Gasteiger partial charge in [0.1, 0.15) is 5.75 Å². The second-order valence-electron chi connectivity index (χ2n) is 5.70. The number of aryl methyl sites for hydroxylation is 1. The molecule has 0 saturated carbocycles. The first kappa shape index (κ1) is 15.5. The molecular weight excluding hydrogens is 290 g/mol. The lowest BCUT2D eigenvalue weighted by atomic mass is 10.1. The maximum atomic E-state index is 12.6. The quantitative estimate of drug-likeness (QED) is 0.937. The number of ether oxygens (including phenoxy) is 1. The highest BCUT2D eigenvalue weighted by Gasteiger charge is 2.28. The van der Waals surface area contributed by atoms with Gasteiger partial charge in [-0.2, -0.15) is 0 Å². The molecule has 5 nitrogen and oxygen atoms in total. The Morgan fingerprint density at radius 1 is 1.35 bits per heavy atom. The molecule has 0 radical (unpaired) electrons. The predicted molar refractivity (Wildman–Crippen MR) is 88.2 cm³/mol. The normalized spacial score (nSPS) is 17.8. The molecular formula is C18H21N3O2. The summed E-state index contributed by atoms with van der Waals surface area (Å²) in [5, 5.41) is 3.34. The minimum absolute atomic E-state index is 0.000859. The molecule has 1 atom stereocenters. The topological polar surface area (TPSA) is 54.5 Å². The third-order valence-electron chi connectivity index (χ3n) is 4.02. The maximum Gasteiger partial charge on any atom is 0.261 e. The fourth-order valence-electron chi connectivity index (χ4n) is 2.74. The Kier molecular flexibility index (Phi) is 4.88. The largest absolute Gasteiger partial charge is 0.484 e. The van der Waals surface area contributed by atoms with Crippen LogP contribution in [0, 0.1) is 6.92 Å². The zero-order valence-electron chi connectivity index (χ0n) is 13.2. The fraction of sp³-hybridized carbons (Fsp3) is 0.333. The van der Waals surface area contributed by atoms with E-state index in [1.54, 1.807) is 6.20 Å². The van der Waals surface area contributed by atoms with Crippen LogP contribution in [-0.2, 0) is 4.79 Å². The molecule has 2 aromatic rings. The zero-order chi connectivity index (χ0) is 16.1. The van der Waals surface area contributed by atoms with Crippen LogP contribution in [0.2, 0.25) is 0 Å². The molecule has 1 aromatic carbocycles. The number of pyridine rings is 1. The number of nitrogens with one attached hydrogen (secondary N) is 1. The molecule has 5 heteroatoms. The third-order valence-corrected chi connectivity index (χ3v) is 4.02. The second-order valence-corrected chi connectivity index (χ2v) is 5.70.